The summed E-state index contributed by atoms with van der Waals surface area (Å²) < 4.78 is 25.0. The minimum absolute atomic E-state index is 0.0214. The van der Waals surface area contributed by atoms with Gasteiger partial charge in [0.05, 0.1) is 23.7 Å². The third-order valence-electron chi connectivity index (χ3n) is 2.63. The van der Waals surface area contributed by atoms with Crippen LogP contribution in [0, 0.1) is 10.1 Å². The quantitative estimate of drug-likeness (QED) is 0.629. The molecule has 0 unspecified atom stereocenters. The first-order valence-electron chi connectivity index (χ1n) is 5.12. The van der Waals surface area contributed by atoms with E-state index in [2.05, 4.69) is 0 Å². The minimum atomic E-state index is -4.12. The number of hydrogen-bond acceptors (Lipinski definition) is 5. The van der Waals surface area contributed by atoms with Crippen LogP contribution in [-0.4, -0.2) is 41.9 Å². The number of nitro benzene ring substituents is 1. The maximum atomic E-state index is 11.9. The first kappa shape index (κ1) is 13.1. The molecule has 0 aromatic heterocycles. The number of nitro groups is 1. The van der Waals surface area contributed by atoms with Gasteiger partial charge in [0.2, 0.25) is 0 Å². The van der Waals surface area contributed by atoms with Crippen LogP contribution in [0.1, 0.15) is 0 Å². The van der Waals surface area contributed by atoms with E-state index in [0.717, 1.165) is 16.4 Å². The minimum Gasteiger partial charge on any atom is -0.464 e. The molecule has 0 atom stereocenters. The molecule has 9 nitrogen and oxygen atoms in total. The number of benzene rings is 1. The van der Waals surface area contributed by atoms with Crippen LogP contribution in [0.2, 0.25) is 0 Å². The van der Waals surface area contributed by atoms with E-state index in [0.29, 0.717) is 4.31 Å². The summed E-state index contributed by atoms with van der Waals surface area (Å²) in [6.07, 6.45) is -1.55. The maximum absolute atomic E-state index is 11.9. The highest BCUT2D eigenvalue weighted by Crippen LogP contribution is 2.26. The van der Waals surface area contributed by atoms with Crippen LogP contribution in [0.15, 0.2) is 24.3 Å². The van der Waals surface area contributed by atoms with Gasteiger partial charge in [-0.2, -0.15) is 12.7 Å². The summed E-state index contributed by atoms with van der Waals surface area (Å²) in [5, 5.41) is 19.3. The van der Waals surface area contributed by atoms with E-state index in [1.165, 1.54) is 12.1 Å². The Balaban J connectivity index is 2.33. The highest BCUT2D eigenvalue weighted by Gasteiger charge is 2.40. The topological polar surface area (TPSA) is 121 Å². The molecule has 10 heteroatoms. The van der Waals surface area contributed by atoms with Crippen molar-refractivity contribution in [1.29, 1.82) is 0 Å². The summed E-state index contributed by atoms with van der Waals surface area (Å²) in [5.41, 5.74) is 0.0183. The number of rotatable bonds is 2. The van der Waals surface area contributed by atoms with Gasteiger partial charge in [-0.05, 0) is 12.1 Å². The molecule has 0 aliphatic carbocycles. The summed E-state index contributed by atoms with van der Waals surface area (Å²) in [6.45, 7) is -0.193. The Bertz CT molecular complexity index is 626. The molecule has 1 aromatic rings. The summed E-state index contributed by atoms with van der Waals surface area (Å²) in [4.78, 5) is 20.7. The number of non-ortho nitro benzene ring substituents is 1. The molecule has 0 spiro atoms. The zero-order valence-electron chi connectivity index (χ0n) is 9.46. The van der Waals surface area contributed by atoms with Crippen LogP contribution in [0.5, 0.6) is 0 Å². The van der Waals surface area contributed by atoms with Crippen molar-refractivity contribution in [2.45, 2.75) is 0 Å². The van der Waals surface area contributed by atoms with E-state index in [-0.39, 0.29) is 24.5 Å². The SMILES string of the molecule is O=C(O)N1CCN(c2ccc([N+](=O)[O-])cc2)S1(=O)=O. The van der Waals surface area contributed by atoms with Crippen molar-refractivity contribution in [3.63, 3.8) is 0 Å². The predicted octanol–water partition coefficient (Wildman–Crippen LogP) is 0.640. The lowest BCUT2D eigenvalue weighted by Crippen LogP contribution is -2.36. The smallest absolute Gasteiger partial charge is 0.422 e. The van der Waals surface area contributed by atoms with Gasteiger partial charge in [0.1, 0.15) is 0 Å². The lowest BCUT2D eigenvalue weighted by Gasteiger charge is -2.17. The van der Waals surface area contributed by atoms with Gasteiger partial charge < -0.3 is 5.11 Å². The average Bonchev–Trinajstić information content (AvgIpc) is 2.64. The third kappa shape index (κ3) is 2.17. The molecule has 1 aliphatic heterocycles. The zero-order valence-corrected chi connectivity index (χ0v) is 10.3. The Morgan fingerprint density at radius 3 is 2.26 bits per heavy atom. The Kier molecular flexibility index (Phi) is 3.02. The van der Waals surface area contributed by atoms with Crippen LogP contribution < -0.4 is 4.31 Å². The monoisotopic (exact) mass is 287 g/mol. The molecule has 1 N–H and O–H groups in total. The molecule has 0 bridgehead atoms. The molecule has 2 rings (SSSR count). The first-order valence-corrected chi connectivity index (χ1v) is 6.51. The number of hydrogen-bond donors (Lipinski definition) is 1. The lowest BCUT2D eigenvalue weighted by atomic mass is 10.3. The highest BCUT2D eigenvalue weighted by atomic mass is 32.2. The van der Waals surface area contributed by atoms with Gasteiger partial charge in [0.25, 0.3) is 5.69 Å². The van der Waals surface area contributed by atoms with Crippen molar-refractivity contribution in [3.8, 4) is 0 Å². The van der Waals surface area contributed by atoms with Crippen molar-refractivity contribution in [1.82, 2.24) is 4.31 Å². The van der Waals surface area contributed by atoms with Crippen molar-refractivity contribution in [2.24, 2.45) is 0 Å². The Hall–Kier alpha value is -2.36. The van der Waals surface area contributed by atoms with E-state index < -0.39 is 21.2 Å². The molecule has 102 valence electrons. The third-order valence-corrected chi connectivity index (χ3v) is 4.47. The fourth-order valence-corrected chi connectivity index (χ4v) is 3.18. The second-order valence-electron chi connectivity index (χ2n) is 3.71. The van der Waals surface area contributed by atoms with Gasteiger partial charge in [0, 0.05) is 12.1 Å². The first-order chi connectivity index (χ1) is 8.84. The van der Waals surface area contributed by atoms with Crippen LogP contribution >= 0.6 is 0 Å². The van der Waals surface area contributed by atoms with E-state index in [1.54, 1.807) is 0 Å². The van der Waals surface area contributed by atoms with Gasteiger partial charge in [-0.3, -0.25) is 14.4 Å². The van der Waals surface area contributed by atoms with Gasteiger partial charge in [0.15, 0.2) is 0 Å². The second-order valence-corrected chi connectivity index (χ2v) is 5.49. The summed E-state index contributed by atoms with van der Waals surface area (Å²) in [6, 6.07) is 4.85. The summed E-state index contributed by atoms with van der Waals surface area (Å²) >= 11 is 0. The standard InChI is InChI=1S/C9H9N3O6S/c13-9(14)11-6-5-10(19(11,17)18)7-1-3-8(4-2-7)12(15)16/h1-4H,5-6H2,(H,13,14). The van der Waals surface area contributed by atoms with Gasteiger partial charge in [-0.25, -0.2) is 4.79 Å². The van der Waals surface area contributed by atoms with Crippen molar-refractivity contribution in [3.05, 3.63) is 34.4 Å². The maximum Gasteiger partial charge on any atom is 0.422 e. The molecule has 1 aliphatic rings. The van der Waals surface area contributed by atoms with Gasteiger partial charge in [-0.1, -0.05) is 0 Å². The van der Waals surface area contributed by atoms with Crippen molar-refractivity contribution < 1.29 is 23.2 Å². The number of anilines is 1. The van der Waals surface area contributed by atoms with Gasteiger partial charge in [-0.15, -0.1) is 0 Å². The number of carboxylic acid groups (broad SMARTS) is 1. The molecule has 0 radical (unpaired) electrons. The van der Waals surface area contributed by atoms with E-state index >= 15 is 0 Å². The fourth-order valence-electron chi connectivity index (χ4n) is 1.73. The molecule has 19 heavy (non-hydrogen) atoms. The molecule has 1 amide bonds. The lowest BCUT2D eigenvalue weighted by molar-refractivity contribution is -0.384. The normalized spacial score (nSPS) is 17.5. The Labute approximate surface area is 108 Å². The van der Waals surface area contributed by atoms with Crippen LogP contribution in [0.25, 0.3) is 0 Å². The van der Waals surface area contributed by atoms with Crippen molar-refractivity contribution >= 4 is 27.7 Å². The number of amides is 1. The summed E-state index contributed by atoms with van der Waals surface area (Å²) in [5.74, 6) is 0. The molecule has 1 aromatic carbocycles. The number of carbonyl (C=O) groups is 1. The van der Waals surface area contributed by atoms with Crippen LogP contribution in [0.3, 0.4) is 0 Å². The molecule has 1 saturated heterocycles. The predicted molar refractivity (Wildman–Crippen MR) is 64.1 cm³/mol. The largest absolute Gasteiger partial charge is 0.464 e. The van der Waals surface area contributed by atoms with E-state index in [9.17, 15) is 23.3 Å². The Morgan fingerprint density at radius 2 is 1.84 bits per heavy atom. The molecule has 0 saturated carbocycles. The average molecular weight is 287 g/mol. The van der Waals surface area contributed by atoms with Crippen LogP contribution in [-0.2, 0) is 10.2 Å². The number of nitrogens with zero attached hydrogens (tertiary/aromatic N) is 3. The Morgan fingerprint density at radius 1 is 1.26 bits per heavy atom. The molecular formula is C9H9N3O6S. The second kappa shape index (κ2) is 4.39. The van der Waals surface area contributed by atoms with Crippen LogP contribution in [0.4, 0.5) is 16.2 Å². The molecule has 1 fully saturated rings. The van der Waals surface area contributed by atoms with E-state index in [1.807, 2.05) is 0 Å². The highest BCUT2D eigenvalue weighted by molar-refractivity contribution is 7.91. The van der Waals surface area contributed by atoms with Gasteiger partial charge >= 0.3 is 16.3 Å². The zero-order chi connectivity index (χ0) is 14.2. The molecular weight excluding hydrogens is 278 g/mol. The van der Waals surface area contributed by atoms with E-state index in [4.69, 9.17) is 5.11 Å². The summed E-state index contributed by atoms with van der Waals surface area (Å²) in [7, 11) is -4.12. The van der Waals surface area contributed by atoms with Crippen molar-refractivity contribution in [2.75, 3.05) is 17.4 Å². The fraction of sp³-hybridized carbons (Fsp3) is 0.222. The molecule has 1 heterocycles.